The van der Waals surface area contributed by atoms with Crippen LogP contribution in [-0.2, 0) is 89.8 Å². The molecular weight excluding hydrogens is 1070 g/mol. The molecule has 23 nitrogen and oxygen atoms in total. The first-order chi connectivity index (χ1) is 39.5. The second kappa shape index (κ2) is 34.8. The number of likely N-dealkylation sites (N-methyl/N-ethyl adjacent to an activating group) is 3. The first kappa shape index (κ1) is 66.3. The maximum absolute atomic E-state index is 14.5. The van der Waals surface area contributed by atoms with Gasteiger partial charge in [0.05, 0.1) is 48.8 Å². The van der Waals surface area contributed by atoms with Crippen LogP contribution in [0.5, 0.6) is 0 Å². The fourth-order valence-corrected chi connectivity index (χ4v) is 8.95. The lowest BCUT2D eigenvalue weighted by Crippen LogP contribution is -2.45. The molecular formula is C58H76FN9O14. The van der Waals surface area contributed by atoms with Gasteiger partial charge in [-0.15, -0.1) is 0 Å². The Morgan fingerprint density at radius 3 is 2.18 bits per heavy atom. The predicted molar refractivity (Wildman–Crippen MR) is 301 cm³/mol. The number of carbonyl (C=O) groups is 9. The molecule has 8 rings (SSSR count). The number of esters is 1. The largest absolute Gasteiger partial charge is 0.458 e. The van der Waals surface area contributed by atoms with E-state index < -0.39 is 18.1 Å². The fraction of sp³-hybridized carbons (Fsp3) is 0.466. The van der Waals surface area contributed by atoms with E-state index in [0.29, 0.717) is 106 Å². The summed E-state index contributed by atoms with van der Waals surface area (Å²) in [6.07, 6.45) is 8.90. The standard InChI is InChI=1S/C22H17FN2O4.C14H21N3O4.C12H16N2O2.C7H14N2O4.C3H8/c1-9-10-3-2-4-11-13-7-25-17(19(13)24-16(18(10)11)6-15(9)23)5-12-14(21(25)27)8-29-22(28)20(12)26;1-2-15-12(19)10-16-11(18)6-4-3-5-9-17-13(20)7-8-14(17)21;1-2-13-12(16)11(14-9-15)8-10-6-4-3-5-7-10;1-8-7(11)4-12-2-3-13-6-9-5-10;1-3-2/h5-6,20,26H,2-4,7-8H2,1H3;7-8H,2-6,9-10H2,1H3,(H,15,19)(H,16,18);3-7,9,11H,2,8H2,1H3,(H,13,16)(H,14,15);5H,2-4,6H2,1H3,(H,8,11)(H,9,10);3H2,1-2H3. The molecule has 444 valence electrons. The summed E-state index contributed by atoms with van der Waals surface area (Å²) >= 11 is 0. The number of cyclic esters (lactones) is 1. The van der Waals surface area contributed by atoms with E-state index in [4.69, 9.17) is 19.2 Å². The van der Waals surface area contributed by atoms with E-state index in [2.05, 4.69) is 45.7 Å². The van der Waals surface area contributed by atoms with Crippen LogP contribution >= 0.6 is 0 Å². The molecule has 2 aromatic heterocycles. The molecule has 2 aromatic carbocycles. The van der Waals surface area contributed by atoms with Crippen molar-refractivity contribution in [1.29, 1.82) is 0 Å². The number of imide groups is 1. The van der Waals surface area contributed by atoms with Crippen LogP contribution in [0.2, 0.25) is 0 Å². The highest BCUT2D eigenvalue weighted by Crippen LogP contribution is 2.42. The van der Waals surface area contributed by atoms with E-state index >= 15 is 0 Å². The van der Waals surface area contributed by atoms with Gasteiger partial charge in [0.2, 0.25) is 36.4 Å². The van der Waals surface area contributed by atoms with Crippen LogP contribution in [0.3, 0.4) is 0 Å². The number of amides is 8. The number of pyridine rings is 2. The lowest BCUT2D eigenvalue weighted by Gasteiger charge is -2.22. The Morgan fingerprint density at radius 1 is 0.841 bits per heavy atom. The quantitative estimate of drug-likeness (QED) is 0.0163. The summed E-state index contributed by atoms with van der Waals surface area (Å²) in [5.41, 5.74) is 6.88. The lowest BCUT2D eigenvalue weighted by molar-refractivity contribution is -0.157. The van der Waals surface area contributed by atoms with Crippen LogP contribution in [0.1, 0.15) is 111 Å². The molecule has 0 saturated carbocycles. The highest BCUT2D eigenvalue weighted by Gasteiger charge is 2.35. The SMILES string of the molecule is CCC.CCNC(=O)C(Cc1ccccc1)NC=O.CCNC(=O)CNC(=O)CCCCCN1C(=O)C=CC1=O.CNC(=O)COCCOCNC=O.Cc1c(F)cc2nc3c(c4c2c1CCC4)Cn1c-3cc2c(c1=O)COC(=O)C2O. The minimum Gasteiger partial charge on any atom is -0.458 e. The van der Waals surface area contributed by atoms with Gasteiger partial charge in [0.25, 0.3) is 17.4 Å². The van der Waals surface area contributed by atoms with Crippen molar-refractivity contribution < 1.29 is 66.9 Å². The Kier molecular flexibility index (Phi) is 28.1. The average Bonchev–Trinajstić information content (AvgIpc) is 4.00. The number of nitrogens with one attached hydrogen (secondary N) is 6. The van der Waals surface area contributed by atoms with Crippen molar-refractivity contribution in [2.75, 3.05) is 59.8 Å². The molecule has 0 bridgehead atoms. The second-order valence-electron chi connectivity index (χ2n) is 18.9. The van der Waals surface area contributed by atoms with Crippen molar-refractivity contribution in [3.63, 3.8) is 0 Å². The number of ether oxygens (including phenoxy) is 3. The Morgan fingerprint density at radius 2 is 1.52 bits per heavy atom. The Balaban J connectivity index is 0.000000243. The third-order valence-corrected chi connectivity index (χ3v) is 12.9. The van der Waals surface area contributed by atoms with Crippen LogP contribution in [0.15, 0.2) is 59.4 Å². The summed E-state index contributed by atoms with van der Waals surface area (Å²) in [5, 5.41) is 26.3. The average molecular weight is 1140 g/mol. The minimum atomic E-state index is -1.48. The number of hydrogen-bond donors (Lipinski definition) is 7. The zero-order chi connectivity index (χ0) is 60.1. The topological polar surface area (TPSA) is 312 Å². The third-order valence-electron chi connectivity index (χ3n) is 12.9. The molecule has 3 aliphatic heterocycles. The van der Waals surface area contributed by atoms with Crippen molar-refractivity contribution in [3.8, 4) is 11.4 Å². The number of benzene rings is 2. The number of aromatic nitrogens is 2. The van der Waals surface area contributed by atoms with E-state index in [9.17, 15) is 57.4 Å². The molecule has 2 atom stereocenters. The zero-order valence-electron chi connectivity index (χ0n) is 47.4. The summed E-state index contributed by atoms with van der Waals surface area (Å²) in [6.45, 7) is 12.3. The summed E-state index contributed by atoms with van der Waals surface area (Å²) < 4.78 is 30.9. The van der Waals surface area contributed by atoms with Gasteiger partial charge in [0.15, 0.2) is 6.10 Å². The fourth-order valence-electron chi connectivity index (χ4n) is 8.95. The monoisotopic (exact) mass is 1140 g/mol. The zero-order valence-corrected chi connectivity index (χ0v) is 47.4. The summed E-state index contributed by atoms with van der Waals surface area (Å²) in [7, 11) is 1.54. The molecule has 24 heteroatoms. The number of halogens is 1. The van der Waals surface area contributed by atoms with Gasteiger partial charge >= 0.3 is 5.97 Å². The van der Waals surface area contributed by atoms with E-state index in [-0.39, 0.29) is 78.9 Å². The molecule has 0 fully saturated rings. The van der Waals surface area contributed by atoms with Gasteiger partial charge in [-0.1, -0.05) is 57.0 Å². The number of hydrogen-bond acceptors (Lipinski definition) is 15. The first-order valence-electron chi connectivity index (χ1n) is 27.4. The smallest absolute Gasteiger partial charge is 0.340 e. The molecule has 7 N–H and O–H groups in total. The maximum atomic E-state index is 14.5. The summed E-state index contributed by atoms with van der Waals surface area (Å²) in [6, 6.07) is 12.2. The van der Waals surface area contributed by atoms with Crippen molar-refractivity contribution in [2.45, 2.75) is 118 Å². The van der Waals surface area contributed by atoms with Crippen molar-refractivity contribution in [3.05, 3.63) is 110 Å². The van der Waals surface area contributed by atoms with Crippen LogP contribution in [0, 0.1) is 12.7 Å². The number of aliphatic hydroxyl groups excluding tert-OH is 1. The Hall–Kier alpha value is -8.22. The Labute approximate surface area is 475 Å². The normalized spacial score (nSPS) is 14.2. The van der Waals surface area contributed by atoms with E-state index in [0.717, 1.165) is 53.3 Å². The molecule has 2 unspecified atom stereocenters. The molecule has 82 heavy (non-hydrogen) atoms. The van der Waals surface area contributed by atoms with E-state index in [1.807, 2.05) is 44.2 Å². The molecule has 5 heterocycles. The lowest BCUT2D eigenvalue weighted by atomic mass is 9.85. The van der Waals surface area contributed by atoms with Gasteiger partial charge in [-0.2, -0.15) is 0 Å². The van der Waals surface area contributed by atoms with Gasteiger partial charge in [-0.25, -0.2) is 14.2 Å². The van der Waals surface area contributed by atoms with E-state index in [1.165, 1.54) is 36.6 Å². The number of fused-ring (bicyclic) bond motifs is 5. The van der Waals surface area contributed by atoms with Crippen LogP contribution in [-0.4, -0.2) is 140 Å². The van der Waals surface area contributed by atoms with Crippen LogP contribution in [0.25, 0.3) is 22.3 Å². The highest BCUT2D eigenvalue weighted by atomic mass is 19.1. The number of rotatable bonds is 23. The van der Waals surface area contributed by atoms with Crippen molar-refractivity contribution in [1.82, 2.24) is 46.4 Å². The van der Waals surface area contributed by atoms with Gasteiger partial charge < -0.3 is 55.8 Å². The summed E-state index contributed by atoms with van der Waals surface area (Å²) in [5.74, 6) is -2.29. The van der Waals surface area contributed by atoms with Crippen molar-refractivity contribution >= 4 is 65.1 Å². The molecule has 1 aliphatic carbocycles. The number of nitrogens with zero attached hydrogens (tertiary/aromatic N) is 3. The Bertz CT molecular complexity index is 2950. The van der Waals surface area contributed by atoms with Crippen LogP contribution < -0.4 is 37.5 Å². The maximum Gasteiger partial charge on any atom is 0.340 e. The number of aliphatic hydroxyl groups is 1. The van der Waals surface area contributed by atoms with Crippen LogP contribution in [0.4, 0.5) is 4.39 Å². The highest BCUT2D eigenvalue weighted by molar-refractivity contribution is 6.12. The number of unbranched alkanes of at least 4 members (excludes halogenated alkanes) is 2. The van der Waals surface area contributed by atoms with Gasteiger partial charge in [0.1, 0.15) is 31.8 Å². The molecule has 4 aromatic rings. The second-order valence-corrected chi connectivity index (χ2v) is 18.9. The predicted octanol–water partition coefficient (Wildman–Crippen LogP) is 2.54. The molecule has 4 aliphatic rings. The minimum absolute atomic E-state index is 0.00484. The molecule has 0 radical (unpaired) electrons. The summed E-state index contributed by atoms with van der Waals surface area (Å²) in [4.78, 5) is 118. The van der Waals surface area contributed by atoms with Crippen molar-refractivity contribution in [2.24, 2.45) is 0 Å². The number of carbonyl (C=O) groups excluding carboxylic acids is 9. The van der Waals surface area contributed by atoms with E-state index in [1.54, 1.807) is 17.6 Å². The first-order valence-corrected chi connectivity index (χ1v) is 27.4. The molecule has 0 spiro atoms. The van der Waals surface area contributed by atoms with Gasteiger partial charge in [0, 0.05) is 74.3 Å². The third kappa shape index (κ3) is 19.2. The number of aryl methyl sites for hydroxylation is 2. The molecule has 0 saturated heterocycles. The van der Waals surface area contributed by atoms with Gasteiger partial charge in [-0.3, -0.25) is 48.1 Å². The molecule has 8 amide bonds. The van der Waals surface area contributed by atoms with Gasteiger partial charge in [-0.05, 0) is 81.2 Å².